The van der Waals surface area contributed by atoms with E-state index in [0.717, 1.165) is 30.7 Å². The summed E-state index contributed by atoms with van der Waals surface area (Å²) in [6.45, 7) is 1.44. The first-order valence-corrected chi connectivity index (χ1v) is 10.3. The van der Waals surface area contributed by atoms with Gasteiger partial charge in [-0.3, -0.25) is 15.1 Å². The van der Waals surface area contributed by atoms with Crippen molar-refractivity contribution >= 4 is 28.5 Å². The van der Waals surface area contributed by atoms with Crippen LogP contribution in [-0.4, -0.2) is 33.2 Å². The summed E-state index contributed by atoms with van der Waals surface area (Å²) in [5, 5.41) is 5.42. The molecule has 4 rings (SSSR count). The Kier molecular flexibility index (Phi) is 5.94. The highest BCUT2D eigenvalue weighted by molar-refractivity contribution is 7.14. The first-order valence-electron chi connectivity index (χ1n) is 9.39. The van der Waals surface area contributed by atoms with Gasteiger partial charge in [0.1, 0.15) is 5.69 Å². The third-order valence-corrected chi connectivity index (χ3v) is 5.38. The number of anilines is 1. The number of thiazole rings is 1. The van der Waals surface area contributed by atoms with Gasteiger partial charge in [-0.05, 0) is 55.2 Å². The number of aromatic nitrogens is 3. The van der Waals surface area contributed by atoms with Crippen molar-refractivity contribution in [2.24, 2.45) is 0 Å². The van der Waals surface area contributed by atoms with Crippen LogP contribution in [0.4, 0.5) is 5.13 Å². The fraction of sp³-hybridized carbons (Fsp3) is 0.286. The zero-order valence-corrected chi connectivity index (χ0v) is 16.3. The van der Waals surface area contributed by atoms with Gasteiger partial charge >= 0.3 is 0 Å². The third-order valence-electron chi connectivity index (χ3n) is 4.60. The Bertz CT molecular complexity index is 942. The molecule has 1 atom stereocenters. The van der Waals surface area contributed by atoms with Crippen LogP contribution in [0, 0.1) is 0 Å². The maximum absolute atomic E-state index is 12.7. The van der Waals surface area contributed by atoms with Gasteiger partial charge in [0.25, 0.3) is 5.91 Å². The number of carbonyl (C=O) groups excluding carboxylic acids is 1. The molecule has 1 amide bonds. The first-order chi connectivity index (χ1) is 13.8. The van der Waals surface area contributed by atoms with Gasteiger partial charge in [0.2, 0.25) is 0 Å². The highest BCUT2D eigenvalue weighted by Crippen LogP contribution is 2.20. The number of pyridine rings is 1. The van der Waals surface area contributed by atoms with Crippen molar-refractivity contribution in [3.8, 4) is 0 Å². The molecule has 4 heterocycles. The number of ether oxygens (including phenoxy) is 1. The Balaban J connectivity index is 1.39. The molecule has 0 bridgehead atoms. The highest BCUT2D eigenvalue weighted by Gasteiger charge is 2.14. The summed E-state index contributed by atoms with van der Waals surface area (Å²) in [7, 11) is 0. The molecule has 0 aromatic carbocycles. The molecule has 144 valence electrons. The molecule has 0 aliphatic carbocycles. The van der Waals surface area contributed by atoms with Crippen LogP contribution >= 0.6 is 11.3 Å². The lowest BCUT2D eigenvalue weighted by Crippen LogP contribution is -2.17. The number of nitrogens with one attached hydrogen (secondary N) is 1. The molecule has 1 N–H and O–H groups in total. The number of hydrogen-bond donors (Lipinski definition) is 1. The average molecular weight is 395 g/mol. The van der Waals surface area contributed by atoms with Gasteiger partial charge in [-0.1, -0.05) is 6.08 Å². The second-order valence-corrected chi connectivity index (χ2v) is 7.53. The van der Waals surface area contributed by atoms with E-state index < -0.39 is 0 Å². The van der Waals surface area contributed by atoms with E-state index in [1.165, 1.54) is 17.8 Å². The van der Waals surface area contributed by atoms with Crippen molar-refractivity contribution in [2.75, 3.05) is 11.9 Å². The van der Waals surface area contributed by atoms with Crippen LogP contribution in [0.5, 0.6) is 0 Å². The van der Waals surface area contributed by atoms with Gasteiger partial charge < -0.3 is 9.30 Å². The standard InChI is InChI=1S/C21H22N4O2S/c26-20(19-5-3-12-25(19)14-16-8-10-22-11-9-16)24-21-23-17(15-28-21)6-7-18-4-1-2-13-27-18/h3,5-12,15,18H,1-2,4,13-14H2,(H,23,24,26)/b7-6+/t18-/m0/s1. The Hall–Kier alpha value is -2.77. The van der Waals surface area contributed by atoms with E-state index in [4.69, 9.17) is 4.74 Å². The fourth-order valence-electron chi connectivity index (χ4n) is 3.15. The second-order valence-electron chi connectivity index (χ2n) is 6.67. The number of carbonyl (C=O) groups is 1. The van der Waals surface area contributed by atoms with E-state index in [1.807, 2.05) is 46.5 Å². The van der Waals surface area contributed by atoms with Crippen LogP contribution in [0.1, 0.15) is 41.0 Å². The second kappa shape index (κ2) is 8.95. The van der Waals surface area contributed by atoms with Crippen molar-refractivity contribution in [2.45, 2.75) is 31.9 Å². The molecule has 0 spiro atoms. The maximum Gasteiger partial charge on any atom is 0.274 e. The average Bonchev–Trinajstić information content (AvgIpc) is 3.37. The van der Waals surface area contributed by atoms with E-state index in [9.17, 15) is 4.79 Å². The normalized spacial score (nSPS) is 17.1. The summed E-state index contributed by atoms with van der Waals surface area (Å²) in [5.41, 5.74) is 2.52. The minimum atomic E-state index is -0.167. The molecular formula is C21H22N4O2S. The number of rotatable bonds is 6. The summed E-state index contributed by atoms with van der Waals surface area (Å²) in [6.07, 6.45) is 13.0. The minimum absolute atomic E-state index is 0.167. The molecule has 1 aliphatic rings. The number of amides is 1. The minimum Gasteiger partial charge on any atom is -0.374 e. The van der Waals surface area contributed by atoms with Gasteiger partial charge in [-0.15, -0.1) is 11.3 Å². The van der Waals surface area contributed by atoms with E-state index in [1.54, 1.807) is 12.4 Å². The van der Waals surface area contributed by atoms with Crippen LogP contribution in [0.25, 0.3) is 6.08 Å². The van der Waals surface area contributed by atoms with E-state index in [2.05, 4.69) is 21.4 Å². The Morgan fingerprint density at radius 1 is 1.32 bits per heavy atom. The molecule has 1 fully saturated rings. The molecule has 0 saturated carbocycles. The van der Waals surface area contributed by atoms with Crippen molar-refractivity contribution in [1.29, 1.82) is 0 Å². The first kappa shape index (κ1) is 18.6. The fourth-order valence-corrected chi connectivity index (χ4v) is 3.82. The van der Waals surface area contributed by atoms with Gasteiger partial charge in [-0.25, -0.2) is 4.98 Å². The van der Waals surface area contributed by atoms with Gasteiger partial charge in [0.05, 0.1) is 11.8 Å². The van der Waals surface area contributed by atoms with E-state index in [0.29, 0.717) is 17.4 Å². The van der Waals surface area contributed by atoms with Crippen LogP contribution in [0.2, 0.25) is 0 Å². The smallest absolute Gasteiger partial charge is 0.274 e. The quantitative estimate of drug-likeness (QED) is 0.680. The largest absolute Gasteiger partial charge is 0.374 e. The SMILES string of the molecule is O=C(Nc1nc(/C=C/[C@@H]2CCCCO2)cs1)c1cccn1Cc1ccncc1. The third kappa shape index (κ3) is 4.74. The predicted molar refractivity (Wildman–Crippen MR) is 110 cm³/mol. The Morgan fingerprint density at radius 3 is 3.04 bits per heavy atom. The lowest BCUT2D eigenvalue weighted by atomic mass is 10.1. The van der Waals surface area contributed by atoms with Gasteiger partial charge in [0.15, 0.2) is 5.13 Å². The van der Waals surface area contributed by atoms with Crippen LogP contribution < -0.4 is 5.32 Å². The monoisotopic (exact) mass is 394 g/mol. The molecule has 0 radical (unpaired) electrons. The molecular weight excluding hydrogens is 372 g/mol. The summed E-state index contributed by atoms with van der Waals surface area (Å²) < 4.78 is 7.61. The summed E-state index contributed by atoms with van der Waals surface area (Å²) in [5.74, 6) is -0.167. The summed E-state index contributed by atoms with van der Waals surface area (Å²) >= 11 is 1.42. The molecule has 1 saturated heterocycles. The summed E-state index contributed by atoms with van der Waals surface area (Å²) in [4.78, 5) is 21.2. The summed E-state index contributed by atoms with van der Waals surface area (Å²) in [6, 6.07) is 7.57. The molecule has 3 aromatic rings. The van der Waals surface area contributed by atoms with Crippen molar-refractivity contribution in [3.05, 3.63) is 71.3 Å². The molecule has 1 aliphatic heterocycles. The zero-order valence-electron chi connectivity index (χ0n) is 15.5. The molecule has 0 unspecified atom stereocenters. The van der Waals surface area contributed by atoms with Gasteiger partial charge in [-0.2, -0.15) is 0 Å². The molecule has 6 nitrogen and oxygen atoms in total. The Labute approximate surface area is 167 Å². The van der Waals surface area contributed by atoms with Crippen molar-refractivity contribution in [3.63, 3.8) is 0 Å². The predicted octanol–water partition coefficient (Wildman–Crippen LogP) is 4.22. The topological polar surface area (TPSA) is 69.0 Å². The number of hydrogen-bond acceptors (Lipinski definition) is 5. The van der Waals surface area contributed by atoms with E-state index in [-0.39, 0.29) is 12.0 Å². The highest BCUT2D eigenvalue weighted by atomic mass is 32.1. The lowest BCUT2D eigenvalue weighted by molar-refractivity contribution is 0.0471. The zero-order chi connectivity index (χ0) is 19.2. The molecule has 3 aromatic heterocycles. The van der Waals surface area contributed by atoms with Crippen LogP contribution in [0.15, 0.2) is 54.3 Å². The van der Waals surface area contributed by atoms with Gasteiger partial charge in [0, 0.05) is 37.1 Å². The molecule has 28 heavy (non-hydrogen) atoms. The molecule has 7 heteroatoms. The van der Waals surface area contributed by atoms with E-state index >= 15 is 0 Å². The lowest BCUT2D eigenvalue weighted by Gasteiger charge is -2.18. The Morgan fingerprint density at radius 2 is 2.21 bits per heavy atom. The van der Waals surface area contributed by atoms with Crippen LogP contribution in [-0.2, 0) is 11.3 Å². The number of nitrogens with zero attached hydrogens (tertiary/aromatic N) is 3. The van der Waals surface area contributed by atoms with Crippen molar-refractivity contribution < 1.29 is 9.53 Å². The maximum atomic E-state index is 12.7. The van der Waals surface area contributed by atoms with Crippen LogP contribution in [0.3, 0.4) is 0 Å². The van der Waals surface area contributed by atoms with Crippen molar-refractivity contribution in [1.82, 2.24) is 14.5 Å².